The molecule has 1 aromatic carbocycles. The van der Waals surface area contributed by atoms with Gasteiger partial charge >= 0.3 is 0 Å². The molecule has 4 heteroatoms. The van der Waals surface area contributed by atoms with Gasteiger partial charge in [0.2, 0.25) is 0 Å². The number of nitrogens with two attached hydrogens (primary N) is 1. The molecule has 1 saturated heterocycles. The Morgan fingerprint density at radius 1 is 1.47 bits per heavy atom. The van der Waals surface area contributed by atoms with Gasteiger partial charge < -0.3 is 20.7 Å². The molecule has 19 heavy (non-hydrogen) atoms. The molecule has 0 radical (unpaired) electrons. The van der Waals surface area contributed by atoms with Crippen LogP contribution in [0.3, 0.4) is 0 Å². The molecule has 1 aliphatic heterocycles. The number of ether oxygens (including phenoxy) is 1. The molecule has 1 heterocycles. The van der Waals surface area contributed by atoms with Gasteiger partial charge in [0.15, 0.2) is 0 Å². The van der Waals surface area contributed by atoms with Gasteiger partial charge in [0, 0.05) is 12.6 Å². The maximum Gasteiger partial charge on any atom is 0.144 e. The number of hydrogen-bond acceptors (Lipinski definition) is 4. The Labute approximate surface area is 115 Å². The summed E-state index contributed by atoms with van der Waals surface area (Å²) >= 11 is 0. The summed E-state index contributed by atoms with van der Waals surface area (Å²) < 4.78 is 5.64. The summed E-state index contributed by atoms with van der Waals surface area (Å²) in [5, 5.41) is 3.46. The number of likely N-dealkylation sites (tertiary alicyclic amines) is 1. The number of anilines is 2. The second-order valence-corrected chi connectivity index (χ2v) is 5.22. The molecular weight excluding hydrogens is 238 g/mol. The molecule has 1 aliphatic rings. The predicted molar refractivity (Wildman–Crippen MR) is 80.8 cm³/mol. The van der Waals surface area contributed by atoms with E-state index in [-0.39, 0.29) is 0 Å². The minimum Gasteiger partial charge on any atom is -0.491 e. The van der Waals surface area contributed by atoms with E-state index in [1.165, 1.54) is 19.4 Å². The lowest BCUT2D eigenvalue weighted by Crippen LogP contribution is -2.31. The van der Waals surface area contributed by atoms with E-state index in [1.54, 1.807) is 0 Å². The Morgan fingerprint density at radius 3 is 3.00 bits per heavy atom. The van der Waals surface area contributed by atoms with E-state index in [1.807, 2.05) is 18.2 Å². The fourth-order valence-corrected chi connectivity index (χ4v) is 2.50. The van der Waals surface area contributed by atoms with Crippen LogP contribution in [0, 0.1) is 0 Å². The molecule has 0 spiro atoms. The molecule has 1 unspecified atom stereocenters. The number of hydrogen-bond donors (Lipinski definition) is 2. The summed E-state index contributed by atoms with van der Waals surface area (Å²) in [4.78, 5) is 2.40. The van der Waals surface area contributed by atoms with Gasteiger partial charge in [-0.1, -0.05) is 13.0 Å². The maximum atomic E-state index is 6.14. The van der Waals surface area contributed by atoms with Crippen molar-refractivity contribution in [3.63, 3.8) is 0 Å². The lowest BCUT2D eigenvalue weighted by atomic mass is 10.2. The molecule has 2 rings (SSSR count). The van der Waals surface area contributed by atoms with Gasteiger partial charge in [-0.25, -0.2) is 0 Å². The van der Waals surface area contributed by atoms with Gasteiger partial charge in [-0.2, -0.15) is 0 Å². The van der Waals surface area contributed by atoms with Gasteiger partial charge in [0.05, 0.1) is 18.0 Å². The molecule has 0 amide bonds. The number of nitrogen functional groups attached to an aromatic ring is 1. The van der Waals surface area contributed by atoms with Crippen LogP contribution in [0.15, 0.2) is 18.2 Å². The van der Waals surface area contributed by atoms with Crippen LogP contribution >= 0.6 is 0 Å². The first-order valence-corrected chi connectivity index (χ1v) is 7.17. The van der Waals surface area contributed by atoms with Crippen LogP contribution in [0.2, 0.25) is 0 Å². The summed E-state index contributed by atoms with van der Waals surface area (Å²) in [5.41, 5.74) is 7.84. The van der Waals surface area contributed by atoms with Crippen LogP contribution in [-0.2, 0) is 0 Å². The van der Waals surface area contributed by atoms with Crippen molar-refractivity contribution in [1.29, 1.82) is 0 Å². The summed E-state index contributed by atoms with van der Waals surface area (Å²) in [7, 11) is 2.18. The van der Waals surface area contributed by atoms with E-state index in [0.717, 1.165) is 30.1 Å². The van der Waals surface area contributed by atoms with Crippen molar-refractivity contribution in [2.75, 3.05) is 37.8 Å². The molecule has 1 atom stereocenters. The van der Waals surface area contributed by atoms with Crippen molar-refractivity contribution in [3.05, 3.63) is 18.2 Å². The second-order valence-electron chi connectivity index (χ2n) is 5.22. The van der Waals surface area contributed by atoms with Crippen LogP contribution in [0.25, 0.3) is 0 Å². The van der Waals surface area contributed by atoms with E-state index in [2.05, 4.69) is 24.2 Å². The fraction of sp³-hybridized carbons (Fsp3) is 0.600. The molecule has 106 valence electrons. The zero-order chi connectivity index (χ0) is 13.7. The monoisotopic (exact) mass is 263 g/mol. The minimum absolute atomic E-state index is 0.611. The van der Waals surface area contributed by atoms with Gasteiger partial charge in [-0.3, -0.25) is 0 Å². The Morgan fingerprint density at radius 2 is 2.32 bits per heavy atom. The highest BCUT2D eigenvalue weighted by molar-refractivity contribution is 5.72. The summed E-state index contributed by atoms with van der Waals surface area (Å²) in [6.07, 6.45) is 3.54. The first-order chi connectivity index (χ1) is 9.22. The van der Waals surface area contributed by atoms with Crippen LogP contribution < -0.4 is 15.8 Å². The molecule has 0 aliphatic carbocycles. The topological polar surface area (TPSA) is 50.5 Å². The molecule has 4 nitrogen and oxygen atoms in total. The third kappa shape index (κ3) is 3.53. The standard InChI is InChI=1S/C15H25N3O/c1-3-10-19-14-8-4-7-13(15(14)16)17-11-12-6-5-9-18(12)2/h4,7-8,12,17H,3,5-6,9-11,16H2,1-2H3. The van der Waals surface area contributed by atoms with E-state index in [9.17, 15) is 0 Å². The second kappa shape index (κ2) is 6.66. The molecular formula is C15H25N3O. The number of likely N-dealkylation sites (N-methyl/N-ethyl adjacent to an activating group) is 1. The van der Waals surface area contributed by atoms with Gasteiger partial charge in [0.1, 0.15) is 5.75 Å². The third-order valence-corrected chi connectivity index (χ3v) is 3.73. The first kappa shape index (κ1) is 14.0. The predicted octanol–water partition coefficient (Wildman–Crippen LogP) is 2.56. The number of nitrogens with zero attached hydrogens (tertiary/aromatic N) is 1. The normalized spacial score (nSPS) is 19.6. The lowest BCUT2D eigenvalue weighted by molar-refractivity contribution is 0.318. The smallest absolute Gasteiger partial charge is 0.144 e. The quantitative estimate of drug-likeness (QED) is 0.775. The van der Waals surface area contributed by atoms with E-state index < -0.39 is 0 Å². The van der Waals surface area contributed by atoms with Crippen LogP contribution in [0.4, 0.5) is 11.4 Å². The average molecular weight is 263 g/mol. The van der Waals surface area contributed by atoms with Crippen molar-refractivity contribution >= 4 is 11.4 Å². The van der Waals surface area contributed by atoms with Crippen molar-refractivity contribution in [3.8, 4) is 5.75 Å². The highest BCUT2D eigenvalue weighted by Gasteiger charge is 2.20. The summed E-state index contributed by atoms with van der Waals surface area (Å²) in [6.45, 7) is 4.94. The van der Waals surface area contributed by atoms with Gasteiger partial charge in [-0.05, 0) is 45.0 Å². The number of nitrogens with one attached hydrogen (secondary N) is 1. The van der Waals surface area contributed by atoms with E-state index >= 15 is 0 Å². The zero-order valence-electron chi connectivity index (χ0n) is 12.0. The van der Waals surface area contributed by atoms with Crippen molar-refractivity contribution < 1.29 is 4.74 Å². The van der Waals surface area contributed by atoms with Crippen LogP contribution in [0.5, 0.6) is 5.75 Å². The number of benzene rings is 1. The van der Waals surface area contributed by atoms with E-state index in [4.69, 9.17) is 10.5 Å². The molecule has 1 aromatic rings. The highest BCUT2D eigenvalue weighted by atomic mass is 16.5. The Balaban J connectivity index is 1.96. The molecule has 3 N–H and O–H groups in total. The number of para-hydroxylation sites is 1. The average Bonchev–Trinajstić information content (AvgIpc) is 2.82. The lowest BCUT2D eigenvalue weighted by Gasteiger charge is -2.21. The molecule has 0 saturated carbocycles. The van der Waals surface area contributed by atoms with Gasteiger partial charge in [-0.15, -0.1) is 0 Å². The minimum atomic E-state index is 0.611. The summed E-state index contributed by atoms with van der Waals surface area (Å²) in [6, 6.07) is 6.54. The van der Waals surface area contributed by atoms with E-state index in [0.29, 0.717) is 12.6 Å². The Bertz CT molecular complexity index is 408. The fourth-order valence-electron chi connectivity index (χ4n) is 2.50. The van der Waals surface area contributed by atoms with Gasteiger partial charge in [0.25, 0.3) is 0 Å². The van der Waals surface area contributed by atoms with Crippen molar-refractivity contribution in [2.24, 2.45) is 0 Å². The molecule has 1 fully saturated rings. The third-order valence-electron chi connectivity index (χ3n) is 3.73. The Kier molecular flexibility index (Phi) is 4.91. The zero-order valence-corrected chi connectivity index (χ0v) is 12.0. The summed E-state index contributed by atoms with van der Waals surface area (Å²) in [5.74, 6) is 0.784. The first-order valence-electron chi connectivity index (χ1n) is 7.17. The highest BCUT2D eigenvalue weighted by Crippen LogP contribution is 2.29. The maximum absolute atomic E-state index is 6.14. The largest absolute Gasteiger partial charge is 0.491 e. The number of rotatable bonds is 6. The molecule has 0 aromatic heterocycles. The van der Waals surface area contributed by atoms with Crippen LogP contribution in [-0.4, -0.2) is 37.7 Å². The van der Waals surface area contributed by atoms with Crippen molar-refractivity contribution in [2.45, 2.75) is 32.2 Å². The SMILES string of the molecule is CCCOc1cccc(NCC2CCCN2C)c1N. The van der Waals surface area contributed by atoms with Crippen molar-refractivity contribution in [1.82, 2.24) is 4.90 Å². The Hall–Kier alpha value is -1.42. The molecule has 0 bridgehead atoms. The van der Waals surface area contributed by atoms with Crippen LogP contribution in [0.1, 0.15) is 26.2 Å².